The molecule has 0 spiro atoms. The van der Waals surface area contributed by atoms with Gasteiger partial charge in [-0.05, 0) is 56.6 Å². The van der Waals surface area contributed by atoms with Gasteiger partial charge in [0.25, 0.3) is 0 Å². The highest BCUT2D eigenvalue weighted by atomic mass is 32.2. The minimum atomic E-state index is -3.30. The summed E-state index contributed by atoms with van der Waals surface area (Å²) in [5.41, 5.74) is 1.64. The van der Waals surface area contributed by atoms with Gasteiger partial charge in [0.2, 0.25) is 5.91 Å². The zero-order chi connectivity index (χ0) is 26.1. The summed E-state index contributed by atoms with van der Waals surface area (Å²) in [6.45, 7) is 10.2. The van der Waals surface area contributed by atoms with Crippen molar-refractivity contribution in [1.29, 1.82) is 0 Å². The Hall–Kier alpha value is -1.88. The minimum absolute atomic E-state index is 0.0198. The van der Waals surface area contributed by atoms with Crippen LogP contribution in [0, 0.1) is 11.8 Å². The summed E-state index contributed by atoms with van der Waals surface area (Å²) in [4.78, 5) is 25.6. The second-order valence-corrected chi connectivity index (χ2v) is 14.0. The van der Waals surface area contributed by atoms with Crippen LogP contribution < -0.4 is 5.32 Å². The number of ether oxygens (including phenoxy) is 1. The van der Waals surface area contributed by atoms with Crippen LogP contribution in [-0.2, 0) is 32.3 Å². The average molecular weight is 535 g/mol. The lowest BCUT2D eigenvalue weighted by atomic mass is 9.79. The van der Waals surface area contributed by atoms with Crippen LogP contribution in [0.2, 0.25) is 0 Å². The average Bonchev–Trinajstić information content (AvgIpc) is 3.37. The third kappa shape index (κ3) is 5.98. The van der Waals surface area contributed by atoms with Gasteiger partial charge < -0.3 is 10.1 Å². The predicted octanol–water partition coefficient (Wildman–Crippen LogP) is 4.62. The fourth-order valence-electron chi connectivity index (χ4n) is 5.33. The van der Waals surface area contributed by atoms with Gasteiger partial charge in [-0.1, -0.05) is 20.8 Å². The molecule has 1 unspecified atom stereocenters. The van der Waals surface area contributed by atoms with E-state index in [4.69, 9.17) is 9.72 Å². The van der Waals surface area contributed by atoms with Crippen molar-refractivity contribution < 1.29 is 17.9 Å². The molecule has 36 heavy (non-hydrogen) atoms. The Kier molecular flexibility index (Phi) is 8.19. The van der Waals surface area contributed by atoms with E-state index in [-0.39, 0.29) is 34.6 Å². The highest BCUT2D eigenvalue weighted by molar-refractivity contribution is 7.91. The van der Waals surface area contributed by atoms with Crippen molar-refractivity contribution in [2.75, 3.05) is 24.7 Å². The number of carbonyl (C=O) groups is 1. The number of hydrogen-bond donors (Lipinski definition) is 1. The van der Waals surface area contributed by atoms with Crippen molar-refractivity contribution in [2.45, 2.75) is 82.9 Å². The molecule has 8 nitrogen and oxygen atoms in total. The van der Waals surface area contributed by atoms with Crippen LogP contribution in [0.5, 0.6) is 0 Å². The Balaban J connectivity index is 1.36. The van der Waals surface area contributed by atoms with E-state index in [0.29, 0.717) is 22.7 Å². The van der Waals surface area contributed by atoms with E-state index in [1.165, 1.54) is 30.0 Å². The third-order valence-corrected chi connectivity index (χ3v) is 10.3. The van der Waals surface area contributed by atoms with Gasteiger partial charge in [0.15, 0.2) is 15.0 Å². The highest BCUT2D eigenvalue weighted by Crippen LogP contribution is 2.44. The minimum Gasteiger partial charge on any atom is -0.379 e. The highest BCUT2D eigenvalue weighted by Gasteiger charge is 2.39. The maximum absolute atomic E-state index is 12.6. The second-order valence-electron chi connectivity index (χ2n) is 10.7. The monoisotopic (exact) mass is 534 g/mol. The molecule has 1 amide bonds. The van der Waals surface area contributed by atoms with Crippen molar-refractivity contribution in [3.8, 4) is 0 Å². The summed E-state index contributed by atoms with van der Waals surface area (Å²) in [5.74, 6) is 0.912. The van der Waals surface area contributed by atoms with Crippen molar-refractivity contribution >= 4 is 32.2 Å². The van der Waals surface area contributed by atoms with Crippen molar-refractivity contribution in [2.24, 2.45) is 11.8 Å². The first-order chi connectivity index (χ1) is 17.0. The number of anilines is 1. The number of sulfone groups is 1. The molecule has 0 saturated heterocycles. The molecule has 2 aromatic rings. The molecule has 1 atom stereocenters. The molecule has 1 N–H and O–H groups in total. The van der Waals surface area contributed by atoms with Crippen LogP contribution in [0.4, 0.5) is 5.13 Å². The summed E-state index contributed by atoms with van der Waals surface area (Å²) < 4.78 is 29.6. The largest absolute Gasteiger partial charge is 0.379 e. The lowest BCUT2D eigenvalue weighted by Gasteiger charge is -2.39. The molecule has 4 rings (SSSR count). The van der Waals surface area contributed by atoms with E-state index in [0.717, 1.165) is 31.6 Å². The topological polar surface area (TPSA) is 101 Å². The number of fused-ring (bicyclic) bond motifs is 1. The summed E-state index contributed by atoms with van der Waals surface area (Å²) in [5, 5.41) is 3.54. The number of methoxy groups -OCH3 is 1. The van der Waals surface area contributed by atoms with Gasteiger partial charge in [0, 0.05) is 37.0 Å². The van der Waals surface area contributed by atoms with Crippen LogP contribution in [0.3, 0.4) is 0 Å². The van der Waals surface area contributed by atoms with Gasteiger partial charge in [0.1, 0.15) is 0 Å². The molecule has 0 aromatic carbocycles. The van der Waals surface area contributed by atoms with Crippen molar-refractivity contribution in [1.82, 2.24) is 14.9 Å². The maximum atomic E-state index is 12.6. The van der Waals surface area contributed by atoms with Gasteiger partial charge in [-0.2, -0.15) is 0 Å². The number of nitrogens with one attached hydrogen (secondary N) is 1. The third-order valence-electron chi connectivity index (χ3n) is 7.65. The molecule has 1 aliphatic carbocycles. The molecule has 1 fully saturated rings. The number of hydrogen-bond acceptors (Lipinski definition) is 8. The fraction of sp³-hybridized carbons (Fsp3) is 0.654. The number of amides is 1. The zero-order valence-electron chi connectivity index (χ0n) is 21.9. The van der Waals surface area contributed by atoms with Gasteiger partial charge >= 0.3 is 0 Å². The molecular weight excluding hydrogens is 496 g/mol. The van der Waals surface area contributed by atoms with E-state index in [9.17, 15) is 13.2 Å². The van der Waals surface area contributed by atoms with E-state index >= 15 is 0 Å². The number of rotatable bonds is 9. The fourth-order valence-corrected chi connectivity index (χ4v) is 7.20. The molecule has 10 heteroatoms. The van der Waals surface area contributed by atoms with Crippen LogP contribution in [0.15, 0.2) is 23.2 Å². The molecule has 0 bridgehead atoms. The Morgan fingerprint density at radius 2 is 2.03 bits per heavy atom. The molecule has 1 aliphatic heterocycles. The van der Waals surface area contributed by atoms with E-state index in [1.54, 1.807) is 24.3 Å². The molecule has 2 aromatic heterocycles. The predicted molar refractivity (Wildman–Crippen MR) is 142 cm³/mol. The van der Waals surface area contributed by atoms with Gasteiger partial charge in [-0.25, -0.2) is 13.4 Å². The van der Waals surface area contributed by atoms with E-state index in [2.05, 4.69) is 36.0 Å². The first-order valence-electron chi connectivity index (χ1n) is 12.8. The Morgan fingerprint density at radius 1 is 1.31 bits per heavy atom. The quantitative estimate of drug-likeness (QED) is 0.501. The molecule has 3 heterocycles. The summed E-state index contributed by atoms with van der Waals surface area (Å²) in [6, 6.07) is 3.36. The van der Waals surface area contributed by atoms with Crippen molar-refractivity contribution in [3.63, 3.8) is 0 Å². The molecule has 0 radical (unpaired) electrons. The smallest absolute Gasteiger partial charge is 0.232 e. The number of nitrogens with zero attached hydrogens (tertiary/aromatic N) is 3. The Bertz CT molecular complexity index is 1170. The summed E-state index contributed by atoms with van der Waals surface area (Å²) >= 11 is 1.56. The molecular formula is C26H38N4O4S2. The zero-order valence-corrected chi connectivity index (χ0v) is 23.5. The molecule has 198 valence electrons. The lowest BCUT2D eigenvalue weighted by molar-refractivity contribution is -0.115. The second kappa shape index (κ2) is 10.8. The number of pyridine rings is 1. The van der Waals surface area contributed by atoms with Gasteiger partial charge in [0.05, 0.1) is 34.4 Å². The maximum Gasteiger partial charge on any atom is 0.232 e. The normalized spacial score (nSPS) is 24.7. The van der Waals surface area contributed by atoms with E-state index in [1.807, 2.05) is 7.11 Å². The van der Waals surface area contributed by atoms with Gasteiger partial charge in [-0.15, -0.1) is 11.3 Å². The van der Waals surface area contributed by atoms with Crippen LogP contribution in [0.25, 0.3) is 0 Å². The van der Waals surface area contributed by atoms with E-state index < -0.39 is 9.84 Å². The molecule has 1 saturated carbocycles. The van der Waals surface area contributed by atoms with Crippen LogP contribution in [0.1, 0.15) is 75.7 Å². The number of carbonyl (C=O) groups excluding carboxylic acids is 1. The Labute approximate surface area is 218 Å². The lowest BCUT2D eigenvalue weighted by Crippen LogP contribution is -2.37. The van der Waals surface area contributed by atoms with Crippen molar-refractivity contribution in [3.05, 3.63) is 34.6 Å². The Morgan fingerprint density at radius 3 is 2.61 bits per heavy atom. The van der Waals surface area contributed by atoms with Crippen LogP contribution in [-0.4, -0.2) is 54.2 Å². The number of aromatic nitrogens is 2. The van der Waals surface area contributed by atoms with Gasteiger partial charge in [-0.3, -0.25) is 14.7 Å². The standard InChI is InChI=1S/C26H38N4O4S2/c1-6-36(32,33)20-8-7-19(27-14-20)13-22(31)28-25-29-23-21(35-25)16-30(24(23)17(2)3)15-18-9-11-26(4,34-5)12-10-18/h7-8,14,17-18,24H,6,9-13,15-16H2,1-5H3,(H,28,29,31)/t18-,24?,26-. The summed E-state index contributed by atoms with van der Waals surface area (Å²) in [7, 11) is -1.48. The first-order valence-corrected chi connectivity index (χ1v) is 15.3. The summed E-state index contributed by atoms with van der Waals surface area (Å²) in [6.07, 6.45) is 5.98. The van der Waals surface area contributed by atoms with Crippen LogP contribution >= 0.6 is 11.3 Å². The SMILES string of the molecule is CCS(=O)(=O)c1ccc(CC(=O)Nc2nc3c(s2)CN(C[C@H]2CC[C@](C)(OC)CC2)C3C(C)C)nc1. The number of thiazole rings is 1. The first kappa shape index (κ1) is 27.2. The molecule has 2 aliphatic rings.